The number of carbonyl (C=O) groups is 3. The van der Waals surface area contributed by atoms with E-state index in [2.05, 4.69) is 16.0 Å². The number of amides is 3. The van der Waals surface area contributed by atoms with Crippen LogP contribution in [-0.2, 0) is 14.4 Å². The molecule has 0 bridgehead atoms. The van der Waals surface area contributed by atoms with Gasteiger partial charge in [-0.3, -0.25) is 14.4 Å². The van der Waals surface area contributed by atoms with Gasteiger partial charge in [0, 0.05) is 30.4 Å². The van der Waals surface area contributed by atoms with Gasteiger partial charge in [-0.2, -0.15) is 0 Å². The van der Waals surface area contributed by atoms with Crippen molar-refractivity contribution in [1.29, 1.82) is 0 Å². The van der Waals surface area contributed by atoms with Crippen molar-refractivity contribution in [2.24, 2.45) is 0 Å². The van der Waals surface area contributed by atoms with E-state index in [9.17, 15) is 18.8 Å². The number of halogens is 1. The molecule has 3 N–H and O–H groups in total. The highest BCUT2D eigenvalue weighted by atomic mass is 19.1. The third-order valence-corrected chi connectivity index (χ3v) is 3.84. The van der Waals surface area contributed by atoms with Gasteiger partial charge in [-0.25, -0.2) is 4.39 Å². The van der Waals surface area contributed by atoms with Gasteiger partial charge < -0.3 is 16.0 Å². The minimum Gasteiger partial charge on any atom is -0.326 e. The number of nitrogens with one attached hydrogen (secondary N) is 3. The number of hydrogen-bond donors (Lipinski definition) is 3. The quantitative estimate of drug-likeness (QED) is 0.802. The first-order valence-electron chi connectivity index (χ1n) is 7.70. The highest BCUT2D eigenvalue weighted by molar-refractivity contribution is 6.05. The average molecular weight is 341 g/mol. The Kier molecular flexibility index (Phi) is 4.47. The van der Waals surface area contributed by atoms with E-state index >= 15 is 0 Å². The number of fused-ring (bicyclic) bond motifs is 1. The summed E-state index contributed by atoms with van der Waals surface area (Å²) in [5.41, 5.74) is 2.04. The van der Waals surface area contributed by atoms with Crippen molar-refractivity contribution in [2.45, 2.75) is 19.3 Å². The molecule has 1 aliphatic rings. The first-order valence-corrected chi connectivity index (χ1v) is 7.70. The maximum atomic E-state index is 13.3. The predicted octanol–water partition coefficient (Wildman–Crippen LogP) is 2.85. The summed E-state index contributed by atoms with van der Waals surface area (Å²) < 4.78 is 13.3. The van der Waals surface area contributed by atoms with E-state index in [4.69, 9.17) is 0 Å². The van der Waals surface area contributed by atoms with Crippen LogP contribution in [0.15, 0.2) is 42.5 Å². The van der Waals surface area contributed by atoms with Crippen LogP contribution in [0.3, 0.4) is 0 Å². The average Bonchev–Trinajstić information content (AvgIpc) is 2.55. The van der Waals surface area contributed by atoms with Crippen molar-refractivity contribution in [3.63, 3.8) is 0 Å². The second-order valence-corrected chi connectivity index (χ2v) is 5.78. The number of anilines is 3. The molecule has 2 aromatic rings. The van der Waals surface area contributed by atoms with Crippen LogP contribution in [0.4, 0.5) is 21.5 Å². The van der Waals surface area contributed by atoms with Crippen LogP contribution in [0.5, 0.6) is 0 Å². The second-order valence-electron chi connectivity index (χ2n) is 5.78. The molecule has 128 valence electrons. The Bertz CT molecular complexity index is 849. The molecule has 3 rings (SSSR count). The van der Waals surface area contributed by atoms with Crippen LogP contribution in [-0.4, -0.2) is 17.7 Å². The zero-order chi connectivity index (χ0) is 18.0. The van der Waals surface area contributed by atoms with Gasteiger partial charge in [0.25, 0.3) is 0 Å². The normalized spacial score (nSPS) is 15.8. The lowest BCUT2D eigenvalue weighted by molar-refractivity contribution is -0.123. The Morgan fingerprint density at radius 2 is 1.72 bits per heavy atom. The predicted molar refractivity (Wildman–Crippen MR) is 91.8 cm³/mol. The van der Waals surface area contributed by atoms with Gasteiger partial charge in [-0.05, 0) is 42.0 Å². The largest absolute Gasteiger partial charge is 0.326 e. The molecule has 1 unspecified atom stereocenters. The fourth-order valence-electron chi connectivity index (χ4n) is 2.74. The molecular weight excluding hydrogens is 325 g/mol. The highest BCUT2D eigenvalue weighted by Gasteiger charge is 2.31. The summed E-state index contributed by atoms with van der Waals surface area (Å²) in [6.45, 7) is 1.41. The molecule has 0 aliphatic carbocycles. The van der Waals surface area contributed by atoms with Gasteiger partial charge in [0.05, 0.1) is 5.92 Å². The number of carbonyl (C=O) groups excluding carboxylic acids is 3. The van der Waals surface area contributed by atoms with Gasteiger partial charge in [0.15, 0.2) is 0 Å². The summed E-state index contributed by atoms with van der Waals surface area (Å²) in [4.78, 5) is 35.4. The molecule has 0 fully saturated rings. The van der Waals surface area contributed by atoms with Gasteiger partial charge >= 0.3 is 0 Å². The minimum atomic E-state index is -0.695. The number of benzene rings is 2. The second kappa shape index (κ2) is 6.72. The Labute approximate surface area is 143 Å². The lowest BCUT2D eigenvalue weighted by atomic mass is 9.89. The Hall–Kier alpha value is -3.22. The smallest absolute Gasteiger partial charge is 0.232 e. The van der Waals surface area contributed by atoms with Crippen LogP contribution < -0.4 is 16.0 Å². The monoisotopic (exact) mass is 341 g/mol. The van der Waals surface area contributed by atoms with E-state index in [-0.39, 0.29) is 24.1 Å². The highest BCUT2D eigenvalue weighted by Crippen LogP contribution is 2.33. The van der Waals surface area contributed by atoms with E-state index in [1.807, 2.05) is 0 Å². The van der Waals surface area contributed by atoms with Gasteiger partial charge in [0.2, 0.25) is 17.7 Å². The van der Waals surface area contributed by atoms with Crippen molar-refractivity contribution >= 4 is 34.8 Å². The molecule has 0 saturated carbocycles. The van der Waals surface area contributed by atoms with Crippen molar-refractivity contribution in [1.82, 2.24) is 0 Å². The van der Waals surface area contributed by atoms with Crippen LogP contribution in [0, 0.1) is 5.82 Å². The van der Waals surface area contributed by atoms with Crippen LogP contribution in [0.2, 0.25) is 0 Å². The first kappa shape index (κ1) is 16.6. The van der Waals surface area contributed by atoms with Crippen molar-refractivity contribution in [2.75, 3.05) is 16.0 Å². The van der Waals surface area contributed by atoms with E-state index in [1.54, 1.807) is 24.3 Å². The van der Waals surface area contributed by atoms with Crippen LogP contribution in [0.1, 0.15) is 24.8 Å². The molecule has 0 radical (unpaired) electrons. The Morgan fingerprint density at radius 3 is 2.36 bits per heavy atom. The topological polar surface area (TPSA) is 87.3 Å². The molecule has 25 heavy (non-hydrogen) atoms. The van der Waals surface area contributed by atoms with E-state index in [1.165, 1.54) is 25.1 Å². The van der Waals surface area contributed by atoms with E-state index in [0.29, 0.717) is 22.6 Å². The van der Waals surface area contributed by atoms with Crippen LogP contribution >= 0.6 is 0 Å². The molecule has 6 nitrogen and oxygen atoms in total. The SMILES string of the molecule is CC(=O)Nc1ccc(NC(=O)C2CC(=O)Nc3cc(F)ccc32)cc1. The van der Waals surface area contributed by atoms with Crippen molar-refractivity contribution in [3.8, 4) is 0 Å². The fourth-order valence-corrected chi connectivity index (χ4v) is 2.74. The van der Waals surface area contributed by atoms with Crippen molar-refractivity contribution in [3.05, 3.63) is 53.8 Å². The third kappa shape index (κ3) is 3.82. The standard InChI is InChI=1S/C18H16FN3O3/c1-10(23)20-12-3-5-13(6-4-12)21-18(25)15-9-17(24)22-16-8-11(19)2-7-14(15)16/h2-8,15H,9H2,1H3,(H,20,23)(H,21,25)(H,22,24). The summed E-state index contributed by atoms with van der Waals surface area (Å²) in [5.74, 6) is -2.05. The molecular formula is C18H16FN3O3. The molecule has 3 amide bonds. The maximum Gasteiger partial charge on any atom is 0.232 e. The summed E-state index contributed by atoms with van der Waals surface area (Å²) >= 11 is 0. The van der Waals surface area contributed by atoms with E-state index in [0.717, 1.165) is 0 Å². The summed E-state index contributed by atoms with van der Waals surface area (Å²) in [7, 11) is 0. The molecule has 0 saturated heterocycles. The molecule has 1 heterocycles. The third-order valence-electron chi connectivity index (χ3n) is 3.84. The van der Waals surface area contributed by atoms with E-state index < -0.39 is 11.7 Å². The number of hydrogen-bond acceptors (Lipinski definition) is 3. The van der Waals surface area contributed by atoms with Crippen LogP contribution in [0.25, 0.3) is 0 Å². The van der Waals surface area contributed by atoms with Gasteiger partial charge in [-0.1, -0.05) is 6.07 Å². The fraction of sp³-hybridized carbons (Fsp3) is 0.167. The first-order chi connectivity index (χ1) is 11.9. The molecule has 0 aromatic heterocycles. The van der Waals surface area contributed by atoms with Crippen molar-refractivity contribution < 1.29 is 18.8 Å². The summed E-state index contributed by atoms with van der Waals surface area (Å²) in [5, 5.41) is 7.95. The Balaban J connectivity index is 1.77. The molecule has 0 spiro atoms. The molecule has 7 heteroatoms. The number of rotatable bonds is 3. The maximum absolute atomic E-state index is 13.3. The lowest BCUT2D eigenvalue weighted by Gasteiger charge is -2.25. The molecule has 1 aliphatic heterocycles. The zero-order valence-electron chi connectivity index (χ0n) is 13.4. The van der Waals surface area contributed by atoms with Gasteiger partial charge in [0.1, 0.15) is 5.82 Å². The molecule has 2 aromatic carbocycles. The summed E-state index contributed by atoms with van der Waals surface area (Å²) in [6.07, 6.45) is -0.00551. The minimum absolute atomic E-state index is 0.00551. The Morgan fingerprint density at radius 1 is 1.08 bits per heavy atom. The zero-order valence-corrected chi connectivity index (χ0v) is 13.4. The summed E-state index contributed by atoms with van der Waals surface area (Å²) in [6, 6.07) is 10.6. The van der Waals surface area contributed by atoms with Gasteiger partial charge in [-0.15, -0.1) is 0 Å². The lowest BCUT2D eigenvalue weighted by Crippen LogP contribution is -2.30. The molecule has 1 atom stereocenters.